The molecule has 0 aliphatic carbocycles. The van der Waals surface area contributed by atoms with E-state index in [0.29, 0.717) is 5.02 Å². The molecule has 0 aromatic carbocycles. The molecule has 0 saturated carbocycles. The molecule has 17 heavy (non-hydrogen) atoms. The highest BCUT2D eigenvalue weighted by Crippen LogP contribution is 2.22. The molecular weight excluding hydrogens is 238 g/mol. The second-order valence-corrected chi connectivity index (χ2v) is 5.25. The molecule has 5 heteroatoms. The van der Waals surface area contributed by atoms with Crippen LogP contribution in [0.3, 0.4) is 0 Å². The number of hydrogen-bond donors (Lipinski definition) is 2. The molecule has 1 rings (SSSR count). The van der Waals surface area contributed by atoms with Gasteiger partial charge in [0.2, 0.25) is 0 Å². The number of nitrogens with one attached hydrogen (secondary N) is 1. The van der Waals surface area contributed by atoms with Crippen LogP contribution < -0.4 is 5.32 Å². The lowest BCUT2D eigenvalue weighted by Crippen LogP contribution is -2.47. The highest BCUT2D eigenvalue weighted by molar-refractivity contribution is 6.31. The fourth-order valence-electron chi connectivity index (χ4n) is 2.05. The Morgan fingerprint density at radius 2 is 2.29 bits per heavy atom. The molecule has 1 aromatic rings. The number of aryl methyl sites for hydroxylation is 1. The number of halogens is 1. The van der Waals surface area contributed by atoms with Gasteiger partial charge in [0.15, 0.2) is 0 Å². The number of aliphatic hydroxyl groups is 1. The summed E-state index contributed by atoms with van der Waals surface area (Å²) in [5.41, 5.74) is 0.563. The Labute approximate surface area is 108 Å². The van der Waals surface area contributed by atoms with Crippen LogP contribution in [0.5, 0.6) is 0 Å². The predicted molar refractivity (Wildman–Crippen MR) is 70.5 cm³/mol. The highest BCUT2D eigenvalue weighted by Gasteiger charge is 2.25. The first-order valence-electron chi connectivity index (χ1n) is 5.99. The summed E-state index contributed by atoms with van der Waals surface area (Å²) >= 11 is 5.99. The number of aromatic nitrogens is 2. The minimum absolute atomic E-state index is 0.110. The van der Waals surface area contributed by atoms with Gasteiger partial charge in [-0.05, 0) is 33.7 Å². The van der Waals surface area contributed by atoms with E-state index in [2.05, 4.69) is 17.3 Å². The third-order valence-electron chi connectivity index (χ3n) is 3.01. The summed E-state index contributed by atoms with van der Waals surface area (Å²) in [5.74, 6) is 0. The molecule has 98 valence electrons. The number of rotatable bonds is 6. The number of likely N-dealkylation sites (N-methyl/N-ethyl adjacent to an activating group) is 1. The fraction of sp³-hybridized carbons (Fsp3) is 0.750. The summed E-state index contributed by atoms with van der Waals surface area (Å²) in [6.07, 6.45) is 2.64. The van der Waals surface area contributed by atoms with Crippen LogP contribution in [0.4, 0.5) is 0 Å². The normalized spacial score (nSPS) is 16.8. The number of nitrogens with zero attached hydrogens (tertiary/aromatic N) is 2. The second-order valence-electron chi connectivity index (χ2n) is 4.84. The molecule has 1 aromatic heterocycles. The third kappa shape index (κ3) is 3.69. The summed E-state index contributed by atoms with van der Waals surface area (Å²) in [7, 11) is 0. The molecule has 0 radical (unpaired) electrons. The molecule has 0 aliphatic heterocycles. The minimum atomic E-state index is -0.277. The minimum Gasteiger partial charge on any atom is -0.394 e. The lowest BCUT2D eigenvalue weighted by Gasteiger charge is -2.31. The Morgan fingerprint density at radius 3 is 2.71 bits per heavy atom. The van der Waals surface area contributed by atoms with Crippen LogP contribution in [0.15, 0.2) is 6.20 Å². The molecule has 0 aliphatic rings. The topological polar surface area (TPSA) is 50.1 Å². The van der Waals surface area contributed by atoms with Gasteiger partial charge in [-0.15, -0.1) is 0 Å². The van der Waals surface area contributed by atoms with E-state index >= 15 is 0 Å². The van der Waals surface area contributed by atoms with E-state index in [9.17, 15) is 5.11 Å². The van der Waals surface area contributed by atoms with Gasteiger partial charge in [-0.3, -0.25) is 4.68 Å². The van der Waals surface area contributed by atoms with Crippen LogP contribution in [0.2, 0.25) is 5.02 Å². The Hall–Kier alpha value is -0.580. The summed E-state index contributed by atoms with van der Waals surface area (Å²) in [6, 6.07) is 0.192. The van der Waals surface area contributed by atoms with Crippen molar-refractivity contribution < 1.29 is 5.11 Å². The maximum Gasteiger partial charge on any atom is 0.0815 e. The van der Waals surface area contributed by atoms with Gasteiger partial charge in [-0.25, -0.2) is 0 Å². The molecule has 2 atom stereocenters. The van der Waals surface area contributed by atoms with E-state index in [1.165, 1.54) is 0 Å². The second kappa shape index (κ2) is 5.85. The summed E-state index contributed by atoms with van der Waals surface area (Å²) in [4.78, 5) is 0. The van der Waals surface area contributed by atoms with E-state index in [-0.39, 0.29) is 18.2 Å². The van der Waals surface area contributed by atoms with Gasteiger partial charge in [0.1, 0.15) is 0 Å². The highest BCUT2D eigenvalue weighted by atomic mass is 35.5. The van der Waals surface area contributed by atoms with Crippen LogP contribution in [-0.4, -0.2) is 33.6 Å². The van der Waals surface area contributed by atoms with Gasteiger partial charge in [0, 0.05) is 11.7 Å². The van der Waals surface area contributed by atoms with Crippen molar-refractivity contribution in [1.29, 1.82) is 0 Å². The molecule has 0 fully saturated rings. The fourth-order valence-corrected chi connectivity index (χ4v) is 2.19. The van der Waals surface area contributed by atoms with Crippen LogP contribution in [0, 0.1) is 6.92 Å². The molecule has 0 bridgehead atoms. The van der Waals surface area contributed by atoms with Crippen LogP contribution in [0.25, 0.3) is 0 Å². The monoisotopic (exact) mass is 259 g/mol. The number of hydrogen-bond acceptors (Lipinski definition) is 3. The van der Waals surface area contributed by atoms with Gasteiger partial charge in [0.25, 0.3) is 0 Å². The van der Waals surface area contributed by atoms with E-state index < -0.39 is 0 Å². The molecule has 0 amide bonds. The van der Waals surface area contributed by atoms with Gasteiger partial charge in [0.05, 0.1) is 23.4 Å². The smallest absolute Gasteiger partial charge is 0.0815 e. The maximum absolute atomic E-state index is 9.45. The van der Waals surface area contributed by atoms with Gasteiger partial charge in [-0.2, -0.15) is 5.10 Å². The molecule has 2 N–H and O–H groups in total. The SMILES string of the molecule is CCNC(C)(CO)CC(C)n1cc(Cl)c(C)n1. The van der Waals surface area contributed by atoms with Crippen molar-refractivity contribution in [3.05, 3.63) is 16.9 Å². The largest absolute Gasteiger partial charge is 0.394 e. The van der Waals surface area contributed by atoms with Crippen molar-refractivity contribution in [2.75, 3.05) is 13.2 Å². The van der Waals surface area contributed by atoms with Crippen LogP contribution in [-0.2, 0) is 0 Å². The third-order valence-corrected chi connectivity index (χ3v) is 3.38. The Morgan fingerprint density at radius 1 is 1.65 bits per heavy atom. The Balaban J connectivity index is 2.73. The first kappa shape index (κ1) is 14.5. The predicted octanol–water partition coefficient (Wildman–Crippen LogP) is 2.16. The van der Waals surface area contributed by atoms with Crippen LogP contribution in [0.1, 0.15) is 38.9 Å². The van der Waals surface area contributed by atoms with Crippen molar-refractivity contribution in [2.24, 2.45) is 0 Å². The van der Waals surface area contributed by atoms with E-state index in [1.807, 2.05) is 31.6 Å². The lowest BCUT2D eigenvalue weighted by molar-refractivity contribution is 0.150. The quantitative estimate of drug-likeness (QED) is 0.823. The van der Waals surface area contributed by atoms with Crippen molar-refractivity contribution in [1.82, 2.24) is 15.1 Å². The zero-order valence-corrected chi connectivity index (χ0v) is 11.8. The van der Waals surface area contributed by atoms with Gasteiger partial charge in [-0.1, -0.05) is 18.5 Å². The molecule has 0 spiro atoms. The van der Waals surface area contributed by atoms with E-state index in [1.54, 1.807) is 0 Å². The average molecular weight is 260 g/mol. The van der Waals surface area contributed by atoms with E-state index in [0.717, 1.165) is 18.7 Å². The average Bonchev–Trinajstić information content (AvgIpc) is 2.60. The zero-order chi connectivity index (χ0) is 13.1. The maximum atomic E-state index is 9.45. The van der Waals surface area contributed by atoms with Crippen molar-refractivity contribution in [3.63, 3.8) is 0 Å². The number of aliphatic hydroxyl groups excluding tert-OH is 1. The molecular formula is C12H22ClN3O. The Kier molecular flexibility index (Phi) is 4.98. The first-order valence-corrected chi connectivity index (χ1v) is 6.37. The van der Waals surface area contributed by atoms with Crippen molar-refractivity contribution in [3.8, 4) is 0 Å². The van der Waals surface area contributed by atoms with Crippen molar-refractivity contribution >= 4 is 11.6 Å². The summed E-state index contributed by atoms with van der Waals surface area (Å²) in [6.45, 7) is 8.97. The summed E-state index contributed by atoms with van der Waals surface area (Å²) < 4.78 is 1.86. The molecule has 4 nitrogen and oxygen atoms in total. The summed E-state index contributed by atoms with van der Waals surface area (Å²) in [5, 5.41) is 17.8. The molecule has 0 saturated heterocycles. The van der Waals surface area contributed by atoms with Gasteiger partial charge >= 0.3 is 0 Å². The molecule has 1 heterocycles. The molecule has 2 unspecified atom stereocenters. The standard InChI is InChI=1S/C12H22ClN3O/c1-5-14-12(4,8-17)6-9(2)16-7-11(13)10(3)15-16/h7,9,14,17H,5-6,8H2,1-4H3. The zero-order valence-electron chi connectivity index (χ0n) is 11.0. The van der Waals surface area contributed by atoms with E-state index in [4.69, 9.17) is 11.6 Å². The van der Waals surface area contributed by atoms with Gasteiger partial charge < -0.3 is 10.4 Å². The Bertz CT molecular complexity index is 347. The lowest BCUT2D eigenvalue weighted by atomic mass is 9.94. The first-order chi connectivity index (χ1) is 7.91. The van der Waals surface area contributed by atoms with Crippen molar-refractivity contribution in [2.45, 2.75) is 45.7 Å². The van der Waals surface area contributed by atoms with Crippen LogP contribution >= 0.6 is 11.6 Å².